The molecule has 1 amide bonds. The van der Waals surface area contributed by atoms with E-state index in [-0.39, 0.29) is 29.9 Å². The lowest BCUT2D eigenvalue weighted by molar-refractivity contribution is -0.153. The van der Waals surface area contributed by atoms with Crippen LogP contribution in [0.2, 0.25) is 0 Å². The third-order valence-corrected chi connectivity index (χ3v) is 4.23. The van der Waals surface area contributed by atoms with E-state index in [9.17, 15) is 9.59 Å². The summed E-state index contributed by atoms with van der Waals surface area (Å²) in [7, 11) is 0. The number of carbonyl (C=O) groups is 2. The number of nitrogens with one attached hydrogen (secondary N) is 1. The summed E-state index contributed by atoms with van der Waals surface area (Å²) in [5, 5.41) is 3.27. The molecule has 1 saturated heterocycles. The van der Waals surface area contributed by atoms with Crippen molar-refractivity contribution in [2.24, 2.45) is 5.41 Å². The summed E-state index contributed by atoms with van der Waals surface area (Å²) < 4.78 is 4.98. The largest absolute Gasteiger partial charge is 0.465 e. The molecule has 2 fully saturated rings. The molecule has 1 N–H and O–H groups in total. The number of nitrogens with zero attached hydrogens (tertiary/aromatic N) is 1. The number of amides is 1. The lowest BCUT2D eigenvalue weighted by Crippen LogP contribution is -2.48. The molecule has 108 valence electrons. The fourth-order valence-corrected chi connectivity index (χ4v) is 2.78. The maximum Gasteiger partial charge on any atom is 0.325 e. The van der Waals surface area contributed by atoms with Gasteiger partial charge in [-0.25, -0.2) is 0 Å². The summed E-state index contributed by atoms with van der Waals surface area (Å²) in [6, 6.07) is 0.251. The molecule has 2 aliphatic rings. The Bertz CT molecular complexity index is 347. The van der Waals surface area contributed by atoms with Crippen molar-refractivity contribution in [2.75, 3.05) is 26.2 Å². The Morgan fingerprint density at radius 3 is 2.58 bits per heavy atom. The van der Waals surface area contributed by atoms with E-state index in [1.165, 1.54) is 0 Å². The van der Waals surface area contributed by atoms with E-state index in [2.05, 4.69) is 12.2 Å². The number of hydrogen-bond acceptors (Lipinski definition) is 4. The van der Waals surface area contributed by atoms with Gasteiger partial charge in [-0.3, -0.25) is 9.59 Å². The zero-order valence-electron chi connectivity index (χ0n) is 11.9. The van der Waals surface area contributed by atoms with E-state index >= 15 is 0 Å². The molecule has 5 nitrogen and oxygen atoms in total. The first-order valence-electron chi connectivity index (χ1n) is 7.30. The van der Waals surface area contributed by atoms with Gasteiger partial charge in [0.25, 0.3) is 0 Å². The van der Waals surface area contributed by atoms with Crippen LogP contribution in [0.3, 0.4) is 0 Å². The van der Waals surface area contributed by atoms with Gasteiger partial charge in [-0.1, -0.05) is 6.92 Å². The Morgan fingerprint density at radius 2 is 2.11 bits per heavy atom. The second-order valence-corrected chi connectivity index (χ2v) is 5.53. The second-order valence-electron chi connectivity index (χ2n) is 5.53. The normalized spacial score (nSPS) is 26.2. The Hall–Kier alpha value is -1.10. The number of hydrogen-bond donors (Lipinski definition) is 1. The lowest BCUT2D eigenvalue weighted by Gasteiger charge is -2.32. The number of carbonyl (C=O) groups excluding carboxylic acids is 2. The van der Waals surface area contributed by atoms with E-state index < -0.39 is 0 Å². The maximum atomic E-state index is 12.8. The van der Waals surface area contributed by atoms with E-state index in [1.807, 2.05) is 0 Å². The quantitative estimate of drug-likeness (QED) is 0.728. The second kappa shape index (κ2) is 5.90. The summed E-state index contributed by atoms with van der Waals surface area (Å²) in [6.07, 6.45) is 3.72. The molecule has 1 atom stereocenters. The predicted molar refractivity (Wildman–Crippen MR) is 71.6 cm³/mol. The summed E-state index contributed by atoms with van der Waals surface area (Å²) in [6.45, 7) is 5.94. The van der Waals surface area contributed by atoms with Crippen LogP contribution in [0.5, 0.6) is 0 Å². The average Bonchev–Trinajstić information content (AvgIpc) is 3.12. The van der Waals surface area contributed by atoms with Crippen LogP contribution < -0.4 is 5.32 Å². The van der Waals surface area contributed by atoms with Crippen molar-refractivity contribution in [1.29, 1.82) is 0 Å². The molecule has 19 heavy (non-hydrogen) atoms. The molecule has 1 aliphatic heterocycles. The molecule has 1 saturated carbocycles. The van der Waals surface area contributed by atoms with Gasteiger partial charge in [-0.05, 0) is 39.2 Å². The molecular weight excluding hydrogens is 244 g/mol. The van der Waals surface area contributed by atoms with E-state index in [0.717, 1.165) is 38.8 Å². The Kier molecular flexibility index (Phi) is 4.45. The molecule has 2 rings (SSSR count). The van der Waals surface area contributed by atoms with Gasteiger partial charge in [-0.15, -0.1) is 0 Å². The van der Waals surface area contributed by atoms with Crippen molar-refractivity contribution in [3.05, 3.63) is 0 Å². The Labute approximate surface area is 114 Å². The molecule has 0 aromatic rings. The SMILES string of the molecule is CCOC(=O)CN(C(=O)C1(CC)CCNC1)C1CC1. The van der Waals surface area contributed by atoms with Gasteiger partial charge in [0.1, 0.15) is 6.54 Å². The van der Waals surface area contributed by atoms with Crippen molar-refractivity contribution < 1.29 is 14.3 Å². The molecular formula is C14H24N2O3. The smallest absolute Gasteiger partial charge is 0.325 e. The highest BCUT2D eigenvalue weighted by Gasteiger charge is 2.46. The van der Waals surface area contributed by atoms with Crippen LogP contribution in [-0.4, -0.2) is 49.1 Å². The average molecular weight is 268 g/mol. The van der Waals surface area contributed by atoms with Crippen LogP contribution in [0, 0.1) is 5.41 Å². The van der Waals surface area contributed by atoms with Gasteiger partial charge in [0, 0.05) is 12.6 Å². The van der Waals surface area contributed by atoms with E-state index in [4.69, 9.17) is 4.74 Å². The van der Waals surface area contributed by atoms with Gasteiger partial charge in [0.05, 0.1) is 12.0 Å². The van der Waals surface area contributed by atoms with Crippen molar-refractivity contribution in [3.63, 3.8) is 0 Å². The van der Waals surface area contributed by atoms with Gasteiger partial charge in [-0.2, -0.15) is 0 Å². The van der Waals surface area contributed by atoms with Gasteiger partial charge < -0.3 is 15.0 Å². The number of esters is 1. The van der Waals surface area contributed by atoms with Gasteiger partial charge >= 0.3 is 5.97 Å². The zero-order valence-corrected chi connectivity index (χ0v) is 11.9. The van der Waals surface area contributed by atoms with Gasteiger partial charge in [0.15, 0.2) is 0 Å². The first kappa shape index (κ1) is 14.3. The fourth-order valence-electron chi connectivity index (χ4n) is 2.78. The fraction of sp³-hybridized carbons (Fsp3) is 0.857. The molecule has 0 aromatic heterocycles. The highest BCUT2D eigenvalue weighted by Crippen LogP contribution is 2.36. The number of rotatable bonds is 6. The van der Waals surface area contributed by atoms with E-state index in [0.29, 0.717) is 6.61 Å². The lowest BCUT2D eigenvalue weighted by atomic mass is 9.82. The molecule has 0 aromatic carbocycles. The molecule has 1 heterocycles. The van der Waals surface area contributed by atoms with Crippen LogP contribution in [0.1, 0.15) is 39.5 Å². The van der Waals surface area contributed by atoms with Crippen molar-refractivity contribution in [2.45, 2.75) is 45.6 Å². The van der Waals surface area contributed by atoms with Crippen molar-refractivity contribution >= 4 is 11.9 Å². The minimum atomic E-state index is -0.310. The number of ether oxygens (including phenoxy) is 1. The maximum absolute atomic E-state index is 12.8. The third-order valence-electron chi connectivity index (χ3n) is 4.23. The topological polar surface area (TPSA) is 58.6 Å². The molecule has 0 bridgehead atoms. The summed E-state index contributed by atoms with van der Waals surface area (Å²) in [5.41, 5.74) is -0.310. The molecule has 5 heteroatoms. The van der Waals surface area contributed by atoms with Crippen molar-refractivity contribution in [3.8, 4) is 0 Å². The first-order chi connectivity index (χ1) is 9.13. The molecule has 0 radical (unpaired) electrons. The summed E-state index contributed by atoms with van der Waals surface area (Å²) in [5.74, 6) is -0.157. The highest BCUT2D eigenvalue weighted by atomic mass is 16.5. The minimum absolute atomic E-state index is 0.110. The monoisotopic (exact) mass is 268 g/mol. The zero-order chi connectivity index (χ0) is 13.9. The molecule has 1 aliphatic carbocycles. The van der Waals surface area contributed by atoms with E-state index in [1.54, 1.807) is 11.8 Å². The van der Waals surface area contributed by atoms with Gasteiger partial charge in [0.2, 0.25) is 5.91 Å². The Morgan fingerprint density at radius 1 is 1.37 bits per heavy atom. The van der Waals surface area contributed by atoms with Crippen LogP contribution in [-0.2, 0) is 14.3 Å². The first-order valence-corrected chi connectivity index (χ1v) is 7.30. The minimum Gasteiger partial charge on any atom is -0.465 e. The molecule has 0 spiro atoms. The third kappa shape index (κ3) is 3.08. The summed E-state index contributed by atoms with van der Waals surface area (Å²) >= 11 is 0. The van der Waals surface area contributed by atoms with Crippen LogP contribution in [0.15, 0.2) is 0 Å². The van der Waals surface area contributed by atoms with Crippen LogP contribution in [0.25, 0.3) is 0 Å². The van der Waals surface area contributed by atoms with Crippen LogP contribution >= 0.6 is 0 Å². The summed E-state index contributed by atoms with van der Waals surface area (Å²) in [4.78, 5) is 26.2. The molecule has 1 unspecified atom stereocenters. The Balaban J connectivity index is 2.05. The standard InChI is InChI=1S/C14H24N2O3/c1-3-14(7-8-15-10-14)13(18)16(11-5-6-11)9-12(17)19-4-2/h11,15H,3-10H2,1-2H3. The highest BCUT2D eigenvalue weighted by molar-refractivity contribution is 5.87. The predicted octanol–water partition coefficient (Wildman–Crippen LogP) is 0.930. The van der Waals surface area contributed by atoms with Crippen LogP contribution in [0.4, 0.5) is 0 Å². The van der Waals surface area contributed by atoms with Crippen molar-refractivity contribution in [1.82, 2.24) is 10.2 Å².